The number of aliphatic hydroxyl groups excluding tert-OH is 1. The molecule has 20 heavy (non-hydrogen) atoms. The molecule has 110 valence electrons. The summed E-state index contributed by atoms with van der Waals surface area (Å²) >= 11 is 0. The molecule has 4 atom stereocenters. The van der Waals surface area contributed by atoms with Crippen molar-refractivity contribution in [1.82, 2.24) is 0 Å². The summed E-state index contributed by atoms with van der Waals surface area (Å²) in [6.45, 7) is 0. The van der Waals surface area contributed by atoms with E-state index in [1.807, 2.05) is 18.2 Å². The van der Waals surface area contributed by atoms with E-state index in [9.17, 15) is 5.11 Å². The SMILES string of the molecule is COc1ccc(C(O)CC2CC3CCC2C3)c(OC)c1. The first kappa shape index (κ1) is 13.7. The molecule has 1 aromatic rings. The number of hydrogen-bond acceptors (Lipinski definition) is 3. The normalized spacial score (nSPS) is 29.4. The monoisotopic (exact) mass is 276 g/mol. The number of hydrogen-bond donors (Lipinski definition) is 1. The van der Waals surface area contributed by atoms with Gasteiger partial charge in [0.05, 0.1) is 20.3 Å². The van der Waals surface area contributed by atoms with Gasteiger partial charge in [0.2, 0.25) is 0 Å². The maximum absolute atomic E-state index is 10.6. The standard InChI is InChI=1S/C17H24O3/c1-19-14-5-6-15(17(10-14)20-2)16(18)9-13-8-11-3-4-12(13)7-11/h5-6,10-13,16,18H,3-4,7-9H2,1-2H3. The Morgan fingerprint density at radius 2 is 2.05 bits per heavy atom. The van der Waals surface area contributed by atoms with E-state index in [-0.39, 0.29) is 0 Å². The van der Waals surface area contributed by atoms with Gasteiger partial charge >= 0.3 is 0 Å². The van der Waals surface area contributed by atoms with E-state index in [0.717, 1.165) is 35.3 Å². The molecule has 0 aliphatic heterocycles. The lowest BCUT2D eigenvalue weighted by atomic mass is 9.83. The summed E-state index contributed by atoms with van der Waals surface area (Å²) in [6.07, 6.45) is 5.90. The number of ether oxygens (including phenoxy) is 2. The highest BCUT2D eigenvalue weighted by Crippen LogP contribution is 2.51. The Bertz CT molecular complexity index is 471. The van der Waals surface area contributed by atoms with Crippen LogP contribution >= 0.6 is 0 Å². The van der Waals surface area contributed by atoms with Crippen molar-refractivity contribution in [3.05, 3.63) is 23.8 Å². The number of rotatable bonds is 5. The van der Waals surface area contributed by atoms with Crippen LogP contribution in [0.5, 0.6) is 11.5 Å². The minimum absolute atomic E-state index is 0.430. The number of fused-ring (bicyclic) bond motifs is 2. The van der Waals surface area contributed by atoms with E-state index in [0.29, 0.717) is 5.92 Å². The van der Waals surface area contributed by atoms with Gasteiger partial charge in [0.15, 0.2) is 0 Å². The predicted octanol–water partition coefficient (Wildman–Crippen LogP) is 3.56. The molecular formula is C17H24O3. The molecule has 2 saturated carbocycles. The third-order valence-corrected chi connectivity index (χ3v) is 5.21. The molecule has 1 N–H and O–H groups in total. The van der Waals surface area contributed by atoms with Crippen molar-refractivity contribution in [2.75, 3.05) is 14.2 Å². The Labute approximate surface area is 120 Å². The lowest BCUT2D eigenvalue weighted by Crippen LogP contribution is -2.14. The zero-order chi connectivity index (χ0) is 14.1. The molecule has 1 aromatic carbocycles. The number of benzene rings is 1. The number of aliphatic hydroxyl groups is 1. The van der Waals surface area contributed by atoms with Crippen molar-refractivity contribution in [2.45, 2.75) is 38.2 Å². The average molecular weight is 276 g/mol. The Balaban J connectivity index is 1.71. The summed E-state index contributed by atoms with van der Waals surface area (Å²) in [7, 11) is 3.28. The van der Waals surface area contributed by atoms with Crippen molar-refractivity contribution in [1.29, 1.82) is 0 Å². The van der Waals surface area contributed by atoms with E-state index in [1.165, 1.54) is 25.7 Å². The van der Waals surface area contributed by atoms with Crippen molar-refractivity contribution in [3.63, 3.8) is 0 Å². The molecule has 3 heteroatoms. The van der Waals surface area contributed by atoms with Gasteiger partial charge in [-0.2, -0.15) is 0 Å². The number of methoxy groups -OCH3 is 2. The van der Waals surface area contributed by atoms with Crippen LogP contribution in [0.3, 0.4) is 0 Å². The molecule has 0 radical (unpaired) electrons. The Kier molecular flexibility index (Phi) is 3.88. The first-order chi connectivity index (χ1) is 9.71. The van der Waals surface area contributed by atoms with Crippen LogP contribution in [-0.4, -0.2) is 19.3 Å². The van der Waals surface area contributed by atoms with Crippen LogP contribution in [0.1, 0.15) is 43.8 Å². The molecule has 3 rings (SSSR count). The molecule has 2 aliphatic carbocycles. The van der Waals surface area contributed by atoms with E-state index < -0.39 is 6.10 Å². The second-order valence-corrected chi connectivity index (χ2v) is 6.29. The van der Waals surface area contributed by atoms with Gasteiger partial charge in [-0.25, -0.2) is 0 Å². The van der Waals surface area contributed by atoms with Gasteiger partial charge in [-0.15, -0.1) is 0 Å². The minimum atomic E-state index is -0.430. The van der Waals surface area contributed by atoms with Crippen LogP contribution in [0.15, 0.2) is 18.2 Å². The first-order valence-electron chi connectivity index (χ1n) is 7.61. The molecule has 4 unspecified atom stereocenters. The zero-order valence-electron chi connectivity index (χ0n) is 12.3. The second kappa shape index (κ2) is 5.65. The Morgan fingerprint density at radius 3 is 2.65 bits per heavy atom. The summed E-state index contributed by atoms with van der Waals surface area (Å²) in [5.41, 5.74) is 0.885. The molecule has 2 fully saturated rings. The lowest BCUT2D eigenvalue weighted by molar-refractivity contribution is 0.123. The van der Waals surface area contributed by atoms with Gasteiger partial charge < -0.3 is 14.6 Å². The largest absolute Gasteiger partial charge is 0.497 e. The fourth-order valence-electron chi connectivity index (χ4n) is 4.17. The van der Waals surface area contributed by atoms with Gasteiger partial charge in [0.25, 0.3) is 0 Å². The van der Waals surface area contributed by atoms with E-state index in [4.69, 9.17) is 9.47 Å². The first-order valence-corrected chi connectivity index (χ1v) is 7.61. The van der Waals surface area contributed by atoms with Gasteiger partial charge in [-0.05, 0) is 55.6 Å². The minimum Gasteiger partial charge on any atom is -0.497 e. The van der Waals surface area contributed by atoms with Crippen molar-refractivity contribution in [3.8, 4) is 11.5 Å². The molecule has 2 aliphatic rings. The molecular weight excluding hydrogens is 252 g/mol. The van der Waals surface area contributed by atoms with Crippen LogP contribution < -0.4 is 9.47 Å². The molecule has 0 saturated heterocycles. The molecule has 0 spiro atoms. The van der Waals surface area contributed by atoms with Crippen LogP contribution in [0.4, 0.5) is 0 Å². The summed E-state index contributed by atoms with van der Waals surface area (Å²) in [6, 6.07) is 5.66. The fraction of sp³-hybridized carbons (Fsp3) is 0.647. The van der Waals surface area contributed by atoms with Crippen molar-refractivity contribution in [2.24, 2.45) is 17.8 Å². The Morgan fingerprint density at radius 1 is 1.20 bits per heavy atom. The third-order valence-electron chi connectivity index (χ3n) is 5.21. The molecule has 0 heterocycles. The lowest BCUT2D eigenvalue weighted by Gasteiger charge is -2.25. The van der Waals surface area contributed by atoms with E-state index >= 15 is 0 Å². The van der Waals surface area contributed by atoms with Gasteiger partial charge in [0, 0.05) is 11.6 Å². The topological polar surface area (TPSA) is 38.7 Å². The summed E-state index contributed by atoms with van der Waals surface area (Å²) in [4.78, 5) is 0. The fourth-order valence-corrected chi connectivity index (χ4v) is 4.17. The molecule has 2 bridgehead atoms. The highest BCUT2D eigenvalue weighted by Gasteiger charge is 2.40. The highest BCUT2D eigenvalue weighted by molar-refractivity contribution is 5.42. The van der Waals surface area contributed by atoms with Crippen LogP contribution in [-0.2, 0) is 0 Å². The van der Waals surface area contributed by atoms with Crippen LogP contribution in [0.2, 0.25) is 0 Å². The van der Waals surface area contributed by atoms with Crippen LogP contribution in [0, 0.1) is 17.8 Å². The quantitative estimate of drug-likeness (QED) is 0.893. The van der Waals surface area contributed by atoms with E-state index in [1.54, 1.807) is 14.2 Å². The van der Waals surface area contributed by atoms with E-state index in [2.05, 4.69) is 0 Å². The van der Waals surface area contributed by atoms with Crippen molar-refractivity contribution < 1.29 is 14.6 Å². The predicted molar refractivity (Wildman–Crippen MR) is 78.1 cm³/mol. The third kappa shape index (κ3) is 2.51. The summed E-state index contributed by atoms with van der Waals surface area (Å²) in [5.74, 6) is 3.95. The van der Waals surface area contributed by atoms with Gasteiger partial charge in [-0.3, -0.25) is 0 Å². The summed E-state index contributed by atoms with van der Waals surface area (Å²) in [5, 5.41) is 10.6. The molecule has 3 nitrogen and oxygen atoms in total. The van der Waals surface area contributed by atoms with Gasteiger partial charge in [-0.1, -0.05) is 6.42 Å². The molecule has 0 aromatic heterocycles. The highest BCUT2D eigenvalue weighted by atomic mass is 16.5. The summed E-state index contributed by atoms with van der Waals surface area (Å²) < 4.78 is 10.6. The maximum atomic E-state index is 10.6. The molecule has 0 amide bonds. The average Bonchev–Trinajstić information content (AvgIpc) is 3.09. The van der Waals surface area contributed by atoms with Crippen LogP contribution in [0.25, 0.3) is 0 Å². The maximum Gasteiger partial charge on any atom is 0.128 e. The van der Waals surface area contributed by atoms with Crippen molar-refractivity contribution >= 4 is 0 Å². The Hall–Kier alpha value is -1.22. The second-order valence-electron chi connectivity index (χ2n) is 6.29. The van der Waals surface area contributed by atoms with Gasteiger partial charge in [0.1, 0.15) is 11.5 Å². The zero-order valence-corrected chi connectivity index (χ0v) is 12.3. The smallest absolute Gasteiger partial charge is 0.128 e.